The summed E-state index contributed by atoms with van der Waals surface area (Å²) in [6, 6.07) is 11.8. The molecule has 0 saturated carbocycles. The summed E-state index contributed by atoms with van der Waals surface area (Å²) in [7, 11) is -2.18. The van der Waals surface area contributed by atoms with E-state index in [4.69, 9.17) is 5.14 Å². The molecule has 2 rings (SSSR count). The van der Waals surface area contributed by atoms with Crippen molar-refractivity contribution in [1.29, 1.82) is 0 Å². The number of sulfonamides is 1. The van der Waals surface area contributed by atoms with Crippen LogP contribution in [0.2, 0.25) is 0 Å². The van der Waals surface area contributed by atoms with E-state index in [0.717, 1.165) is 4.90 Å². The number of carbonyl (C=O) groups excluding carboxylic acids is 1. The Balaban J connectivity index is 2.03. The van der Waals surface area contributed by atoms with Gasteiger partial charge in [0.2, 0.25) is 15.9 Å². The number of hydrogen-bond donors (Lipinski definition) is 1. The SMILES string of the molecule is CC(c1cccc(S(N)(=O)=O)c1)N(C)C(=O)CSc1ccc([N+](=O)[O-])cc1. The topological polar surface area (TPSA) is 124 Å². The Morgan fingerprint density at radius 1 is 1.26 bits per heavy atom. The van der Waals surface area contributed by atoms with Crippen LogP contribution in [0.15, 0.2) is 58.3 Å². The van der Waals surface area contributed by atoms with Gasteiger partial charge in [0.05, 0.1) is 21.6 Å². The highest BCUT2D eigenvalue weighted by Crippen LogP contribution is 2.25. The van der Waals surface area contributed by atoms with E-state index in [1.807, 2.05) is 0 Å². The Labute approximate surface area is 161 Å². The average molecular weight is 409 g/mol. The van der Waals surface area contributed by atoms with Gasteiger partial charge in [0.1, 0.15) is 0 Å². The highest BCUT2D eigenvalue weighted by Gasteiger charge is 2.19. The van der Waals surface area contributed by atoms with Gasteiger partial charge in [-0.3, -0.25) is 14.9 Å². The van der Waals surface area contributed by atoms with Gasteiger partial charge in [-0.25, -0.2) is 13.6 Å². The average Bonchev–Trinajstić information content (AvgIpc) is 2.64. The van der Waals surface area contributed by atoms with Gasteiger partial charge in [0.25, 0.3) is 5.69 Å². The molecule has 0 aliphatic carbocycles. The van der Waals surface area contributed by atoms with Gasteiger partial charge in [0, 0.05) is 24.1 Å². The molecule has 2 aromatic carbocycles. The van der Waals surface area contributed by atoms with Gasteiger partial charge in [-0.2, -0.15) is 0 Å². The molecule has 0 bridgehead atoms. The fourth-order valence-corrected chi connectivity index (χ4v) is 3.69. The van der Waals surface area contributed by atoms with Crippen molar-refractivity contribution in [3.05, 3.63) is 64.2 Å². The molecule has 0 aliphatic heterocycles. The van der Waals surface area contributed by atoms with Crippen molar-refractivity contribution < 1.29 is 18.1 Å². The van der Waals surface area contributed by atoms with E-state index in [9.17, 15) is 23.3 Å². The molecule has 144 valence electrons. The van der Waals surface area contributed by atoms with Crippen LogP contribution in [-0.2, 0) is 14.8 Å². The summed E-state index contributed by atoms with van der Waals surface area (Å²) in [5.41, 5.74) is 0.642. The number of hydrogen-bond acceptors (Lipinski definition) is 6. The minimum Gasteiger partial charge on any atom is -0.338 e. The van der Waals surface area contributed by atoms with Crippen LogP contribution in [0, 0.1) is 10.1 Å². The second-order valence-electron chi connectivity index (χ2n) is 5.84. The molecular formula is C17H19N3O5S2. The predicted molar refractivity (Wildman–Crippen MR) is 103 cm³/mol. The third kappa shape index (κ3) is 5.52. The molecule has 0 heterocycles. The van der Waals surface area contributed by atoms with Crippen molar-refractivity contribution >= 4 is 33.4 Å². The van der Waals surface area contributed by atoms with E-state index < -0.39 is 14.9 Å². The molecule has 0 fully saturated rings. The Morgan fingerprint density at radius 3 is 2.44 bits per heavy atom. The molecule has 2 aromatic rings. The first-order valence-electron chi connectivity index (χ1n) is 7.85. The molecule has 2 N–H and O–H groups in total. The standard InChI is InChI=1S/C17H19N3O5S2/c1-12(13-4-3-5-16(10-13)27(18,24)25)19(2)17(21)11-26-15-8-6-14(7-9-15)20(22)23/h3-10,12H,11H2,1-2H3,(H2,18,24,25). The van der Waals surface area contributed by atoms with E-state index in [1.54, 1.807) is 38.2 Å². The zero-order valence-corrected chi connectivity index (χ0v) is 16.4. The van der Waals surface area contributed by atoms with Crippen LogP contribution >= 0.6 is 11.8 Å². The van der Waals surface area contributed by atoms with Gasteiger partial charge < -0.3 is 4.90 Å². The normalized spacial score (nSPS) is 12.4. The van der Waals surface area contributed by atoms with Gasteiger partial charge in [-0.1, -0.05) is 12.1 Å². The molecule has 0 aromatic heterocycles. The Morgan fingerprint density at radius 2 is 1.89 bits per heavy atom. The predicted octanol–water partition coefficient (Wildman–Crippen LogP) is 2.55. The summed E-state index contributed by atoms with van der Waals surface area (Å²) in [5, 5.41) is 15.8. The van der Waals surface area contributed by atoms with Crippen molar-refractivity contribution in [3.63, 3.8) is 0 Å². The maximum Gasteiger partial charge on any atom is 0.269 e. The highest BCUT2D eigenvalue weighted by molar-refractivity contribution is 8.00. The Hall–Kier alpha value is -2.43. The van der Waals surface area contributed by atoms with Crippen LogP contribution in [0.3, 0.4) is 0 Å². The third-order valence-electron chi connectivity index (χ3n) is 4.05. The molecule has 0 saturated heterocycles. The monoisotopic (exact) mass is 409 g/mol. The molecule has 1 atom stereocenters. The molecule has 0 spiro atoms. The summed E-state index contributed by atoms with van der Waals surface area (Å²) in [4.78, 5) is 24.9. The number of amides is 1. The molecule has 8 nitrogen and oxygen atoms in total. The maximum absolute atomic E-state index is 12.4. The molecule has 27 heavy (non-hydrogen) atoms. The molecule has 0 aliphatic rings. The smallest absolute Gasteiger partial charge is 0.269 e. The number of benzene rings is 2. The minimum absolute atomic E-state index is 0.00652. The number of thioether (sulfide) groups is 1. The molecule has 1 unspecified atom stereocenters. The second kappa shape index (κ2) is 8.51. The molecular weight excluding hydrogens is 390 g/mol. The third-order valence-corrected chi connectivity index (χ3v) is 5.96. The number of nitro groups is 1. The summed E-state index contributed by atoms with van der Waals surface area (Å²) in [5.74, 6) is -0.0140. The lowest BCUT2D eigenvalue weighted by atomic mass is 10.1. The summed E-state index contributed by atoms with van der Waals surface area (Å²) in [6.07, 6.45) is 0. The number of nitro benzene ring substituents is 1. The van der Waals surface area contributed by atoms with E-state index in [-0.39, 0.29) is 28.3 Å². The summed E-state index contributed by atoms with van der Waals surface area (Å²) in [6.45, 7) is 1.79. The number of rotatable bonds is 7. The Bertz CT molecular complexity index is 945. The van der Waals surface area contributed by atoms with E-state index >= 15 is 0 Å². The van der Waals surface area contributed by atoms with Gasteiger partial charge in [-0.15, -0.1) is 11.8 Å². The first-order valence-corrected chi connectivity index (χ1v) is 10.4. The van der Waals surface area contributed by atoms with Gasteiger partial charge >= 0.3 is 0 Å². The first kappa shape index (κ1) is 20.9. The van der Waals surface area contributed by atoms with Crippen LogP contribution in [-0.4, -0.2) is 36.9 Å². The van der Waals surface area contributed by atoms with Crippen LogP contribution in [0.1, 0.15) is 18.5 Å². The van der Waals surface area contributed by atoms with Crippen LogP contribution in [0.4, 0.5) is 5.69 Å². The molecule has 1 amide bonds. The Kier molecular flexibility index (Phi) is 6.58. The zero-order valence-electron chi connectivity index (χ0n) is 14.7. The van der Waals surface area contributed by atoms with Crippen molar-refractivity contribution in [2.24, 2.45) is 5.14 Å². The zero-order chi connectivity index (χ0) is 20.2. The van der Waals surface area contributed by atoms with Gasteiger partial charge in [0.15, 0.2) is 0 Å². The number of carbonyl (C=O) groups is 1. The van der Waals surface area contributed by atoms with E-state index in [2.05, 4.69) is 0 Å². The van der Waals surface area contributed by atoms with Crippen molar-refractivity contribution in [1.82, 2.24) is 4.90 Å². The second-order valence-corrected chi connectivity index (χ2v) is 8.45. The number of non-ortho nitro benzene ring substituents is 1. The summed E-state index contributed by atoms with van der Waals surface area (Å²) >= 11 is 1.27. The quantitative estimate of drug-likeness (QED) is 0.426. The molecule has 10 heteroatoms. The number of nitrogens with two attached hydrogens (primary N) is 1. The van der Waals surface area contributed by atoms with Crippen molar-refractivity contribution in [3.8, 4) is 0 Å². The maximum atomic E-state index is 12.4. The lowest BCUT2D eigenvalue weighted by Gasteiger charge is -2.25. The lowest BCUT2D eigenvalue weighted by Crippen LogP contribution is -2.31. The largest absolute Gasteiger partial charge is 0.338 e. The fourth-order valence-electron chi connectivity index (χ4n) is 2.30. The lowest BCUT2D eigenvalue weighted by molar-refractivity contribution is -0.384. The summed E-state index contributed by atoms with van der Waals surface area (Å²) < 4.78 is 23.0. The van der Waals surface area contributed by atoms with Crippen LogP contribution in [0.25, 0.3) is 0 Å². The van der Waals surface area contributed by atoms with Crippen LogP contribution < -0.4 is 5.14 Å². The number of nitrogens with zero attached hydrogens (tertiary/aromatic N) is 2. The van der Waals surface area contributed by atoms with E-state index in [0.29, 0.717) is 5.56 Å². The van der Waals surface area contributed by atoms with Crippen molar-refractivity contribution in [2.45, 2.75) is 22.8 Å². The molecule has 0 radical (unpaired) electrons. The fraction of sp³-hybridized carbons (Fsp3) is 0.235. The van der Waals surface area contributed by atoms with Crippen LogP contribution in [0.5, 0.6) is 0 Å². The first-order chi connectivity index (χ1) is 12.6. The minimum atomic E-state index is -3.82. The van der Waals surface area contributed by atoms with E-state index in [1.165, 1.54) is 40.9 Å². The number of primary sulfonamides is 1. The van der Waals surface area contributed by atoms with Crippen molar-refractivity contribution in [2.75, 3.05) is 12.8 Å². The highest BCUT2D eigenvalue weighted by atomic mass is 32.2. The van der Waals surface area contributed by atoms with Gasteiger partial charge in [-0.05, 0) is 36.8 Å².